The highest BCUT2D eigenvalue weighted by Gasteiger charge is 2.15. The van der Waals surface area contributed by atoms with Crippen molar-refractivity contribution >= 4 is 22.0 Å². The van der Waals surface area contributed by atoms with Gasteiger partial charge in [-0.05, 0) is 79.7 Å². The molecule has 0 bridgehead atoms. The van der Waals surface area contributed by atoms with Crippen LogP contribution in [0.25, 0.3) is 10.9 Å². The van der Waals surface area contributed by atoms with Crippen molar-refractivity contribution in [1.29, 1.82) is 0 Å². The van der Waals surface area contributed by atoms with Crippen LogP contribution in [0.4, 0.5) is 4.39 Å². The fourth-order valence-corrected chi connectivity index (χ4v) is 5.30. The summed E-state index contributed by atoms with van der Waals surface area (Å²) in [6.07, 6.45) is 11.2. The summed E-state index contributed by atoms with van der Waals surface area (Å²) < 4.78 is 34.5. The highest BCUT2D eigenvalue weighted by atomic mass is 32.2. The van der Waals surface area contributed by atoms with E-state index >= 15 is 0 Å². The fourth-order valence-electron chi connectivity index (χ4n) is 4.92. The molecule has 5 rings (SSSR count). The highest BCUT2D eigenvalue weighted by Crippen LogP contribution is 2.21. The maximum atomic E-state index is 14.1. The molecule has 1 atom stereocenters. The minimum atomic E-state index is -2.08. The molecule has 0 radical (unpaired) electrons. The molecule has 6 nitrogen and oxygen atoms in total. The van der Waals surface area contributed by atoms with E-state index in [1.54, 1.807) is 30.3 Å². The first-order chi connectivity index (χ1) is 18.6. The van der Waals surface area contributed by atoms with Crippen LogP contribution in [-0.4, -0.2) is 42.8 Å². The molecule has 1 unspecified atom stereocenters. The van der Waals surface area contributed by atoms with Crippen LogP contribution in [0.1, 0.15) is 49.7 Å². The first kappa shape index (κ1) is 28.1. The largest absolute Gasteiger partial charge is 0.768 e. The van der Waals surface area contributed by atoms with Gasteiger partial charge in [0.2, 0.25) is 5.95 Å². The van der Waals surface area contributed by atoms with Gasteiger partial charge in [0.15, 0.2) is 0 Å². The van der Waals surface area contributed by atoms with Crippen LogP contribution in [0.5, 0.6) is 0 Å². The van der Waals surface area contributed by atoms with Gasteiger partial charge in [0.05, 0.1) is 0 Å². The maximum absolute atomic E-state index is 14.1. The van der Waals surface area contributed by atoms with Crippen molar-refractivity contribution in [2.45, 2.75) is 62.6 Å². The number of para-hydroxylation sites is 1. The molecular weight excluding hydrogens is 499 g/mol. The molecule has 2 heterocycles. The molecule has 2 aromatic heterocycles. The Balaban J connectivity index is 0.000000317. The Kier molecular flexibility index (Phi) is 11.0. The molecule has 0 saturated heterocycles. The summed E-state index contributed by atoms with van der Waals surface area (Å²) in [6.45, 7) is 3.40. The van der Waals surface area contributed by atoms with Gasteiger partial charge in [-0.25, -0.2) is 4.98 Å². The number of H-pyrrole nitrogens is 1. The van der Waals surface area contributed by atoms with E-state index in [1.165, 1.54) is 42.8 Å². The summed E-state index contributed by atoms with van der Waals surface area (Å²) in [4.78, 5) is 9.85. The smallest absolute Gasteiger partial charge is 0.217 e. The molecule has 2 N–H and O–H groups in total. The van der Waals surface area contributed by atoms with Gasteiger partial charge in [-0.3, -0.25) is 9.11 Å². The number of fused-ring (bicyclic) bond motifs is 1. The first-order valence-electron chi connectivity index (χ1n) is 13.3. The number of aromatic nitrogens is 2. The molecule has 1 aliphatic carbocycles. The molecule has 0 spiro atoms. The number of aromatic amines is 1. The zero-order valence-corrected chi connectivity index (χ0v) is 22.5. The maximum Gasteiger partial charge on any atom is 0.217 e. The van der Waals surface area contributed by atoms with Crippen LogP contribution in [0, 0.1) is 5.95 Å². The van der Waals surface area contributed by atoms with E-state index in [9.17, 15) is 13.2 Å². The zero-order valence-electron chi connectivity index (χ0n) is 21.7. The quantitative estimate of drug-likeness (QED) is 0.141. The van der Waals surface area contributed by atoms with E-state index in [1.807, 2.05) is 18.2 Å². The van der Waals surface area contributed by atoms with Crippen molar-refractivity contribution in [2.75, 3.05) is 13.1 Å². The number of halogens is 1. The van der Waals surface area contributed by atoms with Crippen LogP contribution in [-0.2, 0) is 24.2 Å². The van der Waals surface area contributed by atoms with E-state index < -0.39 is 11.1 Å². The monoisotopic (exact) mass is 535 g/mol. The number of hydrogen-bond donors (Lipinski definition) is 2. The van der Waals surface area contributed by atoms with E-state index in [2.05, 4.69) is 44.6 Å². The van der Waals surface area contributed by atoms with Gasteiger partial charge in [0, 0.05) is 52.9 Å². The minimum Gasteiger partial charge on any atom is -0.768 e. The van der Waals surface area contributed by atoms with E-state index in [0.717, 1.165) is 44.0 Å². The van der Waals surface area contributed by atoms with E-state index in [4.69, 9.17) is 0 Å². The number of pyridine rings is 1. The lowest BCUT2D eigenvalue weighted by atomic mass is 10.1. The molecule has 4 aromatic rings. The van der Waals surface area contributed by atoms with Gasteiger partial charge < -0.3 is 14.9 Å². The number of nitrogens with one attached hydrogen (secondary N) is 2. The standard InChI is InChI=1S/C24H31FN4.C6H6O2S/c25-24-19(8-7-14-27-24)17-29(15-6-5-13-26-21-9-1-2-10-21)18-20-16-28-23-12-4-3-11-22(20)23;7-9(8)6-4-2-1-3-5-6/h3-4,7-8,11-12,14,16,21,26,28H,1-2,5-6,9-10,13,15,17-18H2;1-5H,(H,7,8)/p-1. The van der Waals surface area contributed by atoms with Gasteiger partial charge in [0.25, 0.3) is 0 Å². The third-order valence-corrected chi connectivity index (χ3v) is 7.58. The number of hydrogen-bond acceptors (Lipinski definition) is 5. The van der Waals surface area contributed by atoms with E-state index in [-0.39, 0.29) is 5.95 Å². The zero-order chi connectivity index (χ0) is 26.6. The highest BCUT2D eigenvalue weighted by molar-refractivity contribution is 7.79. The second-order valence-corrected chi connectivity index (χ2v) is 10.7. The summed E-state index contributed by atoms with van der Waals surface area (Å²) >= 11 is -2.08. The number of benzene rings is 2. The van der Waals surface area contributed by atoms with Crippen LogP contribution in [0.2, 0.25) is 0 Å². The molecule has 1 saturated carbocycles. The lowest BCUT2D eigenvalue weighted by Crippen LogP contribution is -2.28. The summed E-state index contributed by atoms with van der Waals surface area (Å²) in [6, 6.07) is 21.0. The number of rotatable bonds is 11. The number of unbranched alkanes of at least 4 members (excludes halogenated alkanes) is 1. The Labute approximate surface area is 227 Å². The summed E-state index contributed by atoms with van der Waals surface area (Å²) in [5.74, 6) is -0.362. The lowest BCUT2D eigenvalue weighted by Gasteiger charge is -2.22. The van der Waals surface area contributed by atoms with Crippen molar-refractivity contribution in [2.24, 2.45) is 0 Å². The second-order valence-electron chi connectivity index (χ2n) is 9.71. The van der Waals surface area contributed by atoms with Crippen molar-refractivity contribution in [3.8, 4) is 0 Å². The predicted octanol–water partition coefficient (Wildman–Crippen LogP) is 5.94. The third-order valence-electron chi connectivity index (χ3n) is 6.92. The van der Waals surface area contributed by atoms with E-state index in [0.29, 0.717) is 17.0 Å². The Morgan fingerprint density at radius 2 is 1.71 bits per heavy atom. The topological polar surface area (TPSA) is 84.1 Å². The first-order valence-corrected chi connectivity index (χ1v) is 14.4. The van der Waals surface area contributed by atoms with Crippen molar-refractivity contribution in [1.82, 2.24) is 20.2 Å². The fraction of sp³-hybridized carbons (Fsp3) is 0.367. The normalized spacial score (nSPS) is 14.5. The second kappa shape index (κ2) is 14.9. The van der Waals surface area contributed by atoms with Crippen molar-refractivity contribution < 1.29 is 13.2 Å². The Morgan fingerprint density at radius 1 is 0.974 bits per heavy atom. The molecule has 1 aliphatic rings. The van der Waals surface area contributed by atoms with Gasteiger partial charge in [-0.15, -0.1) is 0 Å². The molecule has 0 amide bonds. The van der Waals surface area contributed by atoms with Gasteiger partial charge >= 0.3 is 0 Å². The van der Waals surface area contributed by atoms with Crippen molar-refractivity contribution in [3.05, 3.63) is 96.2 Å². The molecule has 202 valence electrons. The lowest BCUT2D eigenvalue weighted by molar-refractivity contribution is 0.247. The van der Waals surface area contributed by atoms with Crippen LogP contribution >= 0.6 is 0 Å². The number of nitrogens with zero attached hydrogens (tertiary/aromatic N) is 2. The van der Waals surface area contributed by atoms with Crippen molar-refractivity contribution in [3.63, 3.8) is 0 Å². The van der Waals surface area contributed by atoms with Gasteiger partial charge in [-0.2, -0.15) is 4.39 Å². The molecule has 8 heteroatoms. The average Bonchev–Trinajstić information content (AvgIpc) is 3.61. The van der Waals surface area contributed by atoms with Gasteiger partial charge in [0.1, 0.15) is 0 Å². The summed E-state index contributed by atoms with van der Waals surface area (Å²) in [5, 5.41) is 4.93. The van der Waals surface area contributed by atoms with Crippen LogP contribution in [0.3, 0.4) is 0 Å². The Hall–Kier alpha value is -2.91. The Morgan fingerprint density at radius 3 is 2.45 bits per heavy atom. The SMILES string of the molecule is Fc1ncccc1CN(CCCCNC1CCCC1)Cc1c[nH]c2ccccc12.O=S([O-])c1ccccc1. The summed E-state index contributed by atoms with van der Waals surface area (Å²) in [7, 11) is 0. The van der Waals surface area contributed by atoms with Crippen LogP contribution < -0.4 is 5.32 Å². The summed E-state index contributed by atoms with van der Waals surface area (Å²) in [5.41, 5.74) is 3.07. The van der Waals surface area contributed by atoms with Crippen LogP contribution in [0.15, 0.2) is 84.0 Å². The molecular formula is C30H36FN4O2S-. The van der Waals surface area contributed by atoms with Gasteiger partial charge in [-0.1, -0.05) is 55.3 Å². The predicted molar refractivity (Wildman–Crippen MR) is 150 cm³/mol. The molecule has 2 aromatic carbocycles. The Bertz CT molecular complexity index is 1280. The molecule has 0 aliphatic heterocycles. The average molecular weight is 536 g/mol. The third kappa shape index (κ3) is 8.56. The molecule has 1 fully saturated rings. The molecule has 38 heavy (non-hydrogen) atoms. The minimum absolute atomic E-state index is 0.331.